The quantitative estimate of drug-likeness (QED) is 0.0521. The largest absolute Gasteiger partial charge is 0.423 e. The molecule has 0 spiro atoms. The lowest BCUT2D eigenvalue weighted by Gasteiger charge is -2.07. The maximum Gasteiger partial charge on any atom is 0.343 e. The van der Waals surface area contributed by atoms with E-state index < -0.39 is 5.97 Å². The Hall–Kier alpha value is -5.04. The first-order chi connectivity index (χ1) is 19.8. The van der Waals surface area contributed by atoms with Crippen molar-refractivity contribution in [3.8, 4) is 5.75 Å². The number of carbonyl (C=O) groups is 3. The van der Waals surface area contributed by atoms with Gasteiger partial charge in [0.25, 0.3) is 0 Å². The Balaban J connectivity index is 1.46. The van der Waals surface area contributed by atoms with Crippen molar-refractivity contribution in [2.45, 2.75) is 33.7 Å². The molecule has 0 bridgehead atoms. The molecular formula is C34H30N2O5. The number of ketones is 2. The van der Waals surface area contributed by atoms with E-state index in [0.29, 0.717) is 41.0 Å². The molecule has 0 aliphatic carbocycles. The van der Waals surface area contributed by atoms with Gasteiger partial charge < -0.3 is 14.5 Å². The number of aryl methyl sites for hydroxylation is 1. The van der Waals surface area contributed by atoms with Gasteiger partial charge in [0.2, 0.25) is 5.78 Å². The van der Waals surface area contributed by atoms with Crippen LogP contribution in [0.25, 0.3) is 21.8 Å². The van der Waals surface area contributed by atoms with Gasteiger partial charge in [-0.15, -0.1) is 0 Å². The number of Topliss-reactive ketones (excluding diaryl/α,β-unsaturated/α-hetero) is 1. The molecule has 0 radical (unpaired) electrons. The lowest BCUT2D eigenvalue weighted by atomic mass is 9.97. The van der Waals surface area contributed by atoms with Crippen LogP contribution >= 0.6 is 0 Å². The Morgan fingerprint density at radius 1 is 0.780 bits per heavy atom. The summed E-state index contributed by atoms with van der Waals surface area (Å²) >= 11 is 0. The highest BCUT2D eigenvalue weighted by Crippen LogP contribution is 2.32. The van der Waals surface area contributed by atoms with Gasteiger partial charge in [-0.1, -0.05) is 37.2 Å². The standard InChI is InChI=1S/C34H30N2O5/c1-4-36-30-16-12-24(32(37)22-10-14-26(15-11-22)41-34(39)23-8-6-5-7-9-23)19-27(30)28-20-25(13-17-31(28)36)33(38)29(35-40)18-21(2)3/h5-17,19-21,40H,4,18H2,1-3H3/b35-29+. The van der Waals surface area contributed by atoms with E-state index in [-0.39, 0.29) is 23.2 Å². The van der Waals surface area contributed by atoms with Crippen LogP contribution in [-0.4, -0.2) is 33.0 Å². The summed E-state index contributed by atoms with van der Waals surface area (Å²) in [5, 5.41) is 14.4. The lowest BCUT2D eigenvalue weighted by Crippen LogP contribution is -2.16. The lowest BCUT2D eigenvalue weighted by molar-refractivity contribution is 0.0734. The SMILES string of the molecule is CCn1c2ccc(C(=O)/C(CC(C)C)=N/O)cc2c2cc(C(=O)c3ccc(OC(=O)c4ccccc4)cc3)ccc21. The van der Waals surface area contributed by atoms with Gasteiger partial charge in [-0.25, -0.2) is 4.79 Å². The van der Waals surface area contributed by atoms with Crippen LogP contribution < -0.4 is 4.74 Å². The summed E-state index contributed by atoms with van der Waals surface area (Å²) in [5.74, 6) is -0.460. The smallest absolute Gasteiger partial charge is 0.343 e. The van der Waals surface area contributed by atoms with E-state index in [1.807, 2.05) is 51.1 Å². The van der Waals surface area contributed by atoms with Gasteiger partial charge in [-0.2, -0.15) is 0 Å². The van der Waals surface area contributed by atoms with Gasteiger partial charge in [-0.3, -0.25) is 9.59 Å². The highest BCUT2D eigenvalue weighted by molar-refractivity contribution is 6.46. The fourth-order valence-electron chi connectivity index (χ4n) is 5.04. The Morgan fingerprint density at radius 2 is 1.37 bits per heavy atom. The molecule has 0 saturated heterocycles. The third kappa shape index (κ3) is 5.52. The average Bonchev–Trinajstić information content (AvgIpc) is 3.32. The molecule has 0 aliphatic rings. The molecule has 7 heteroatoms. The highest BCUT2D eigenvalue weighted by atomic mass is 16.5. The summed E-state index contributed by atoms with van der Waals surface area (Å²) in [4.78, 5) is 38.9. The first-order valence-electron chi connectivity index (χ1n) is 13.5. The third-order valence-electron chi connectivity index (χ3n) is 7.03. The molecule has 1 N–H and O–H groups in total. The van der Waals surface area contributed by atoms with Crippen LogP contribution in [0.4, 0.5) is 0 Å². The van der Waals surface area contributed by atoms with Gasteiger partial charge in [0.05, 0.1) is 5.56 Å². The van der Waals surface area contributed by atoms with E-state index >= 15 is 0 Å². The molecule has 1 heterocycles. The zero-order chi connectivity index (χ0) is 29.1. The molecule has 7 nitrogen and oxygen atoms in total. The first kappa shape index (κ1) is 27.5. The van der Waals surface area contributed by atoms with Crippen LogP contribution in [0.1, 0.15) is 63.8 Å². The van der Waals surface area contributed by atoms with Crippen LogP contribution in [-0.2, 0) is 6.54 Å². The molecule has 1 aromatic heterocycles. The molecule has 5 aromatic rings. The summed E-state index contributed by atoms with van der Waals surface area (Å²) < 4.78 is 7.57. The van der Waals surface area contributed by atoms with E-state index in [9.17, 15) is 19.6 Å². The van der Waals surface area contributed by atoms with Crippen molar-refractivity contribution >= 4 is 45.1 Å². The van der Waals surface area contributed by atoms with Crippen LogP contribution in [0, 0.1) is 5.92 Å². The van der Waals surface area contributed by atoms with Crippen molar-refractivity contribution in [2.24, 2.45) is 11.1 Å². The Labute approximate surface area is 237 Å². The average molecular weight is 547 g/mol. The summed E-state index contributed by atoms with van der Waals surface area (Å²) in [6, 6.07) is 26.2. The number of hydrogen-bond acceptors (Lipinski definition) is 6. The van der Waals surface area contributed by atoms with E-state index in [4.69, 9.17) is 4.74 Å². The minimum absolute atomic E-state index is 0.118. The fraction of sp³-hybridized carbons (Fsp3) is 0.176. The summed E-state index contributed by atoms with van der Waals surface area (Å²) in [6.45, 7) is 6.67. The van der Waals surface area contributed by atoms with Crippen LogP contribution in [0.15, 0.2) is 96.2 Å². The molecule has 41 heavy (non-hydrogen) atoms. The number of esters is 1. The van der Waals surface area contributed by atoms with Crippen LogP contribution in [0.2, 0.25) is 0 Å². The van der Waals surface area contributed by atoms with Gasteiger partial charge in [0, 0.05) is 45.0 Å². The van der Waals surface area contributed by atoms with Crippen LogP contribution in [0.5, 0.6) is 5.75 Å². The zero-order valence-electron chi connectivity index (χ0n) is 23.1. The molecule has 0 unspecified atom stereocenters. The second-order valence-electron chi connectivity index (χ2n) is 10.3. The van der Waals surface area contributed by atoms with Gasteiger partial charge >= 0.3 is 5.97 Å². The molecule has 0 aliphatic heterocycles. The highest BCUT2D eigenvalue weighted by Gasteiger charge is 2.20. The number of rotatable bonds is 9. The summed E-state index contributed by atoms with van der Waals surface area (Å²) in [5.41, 5.74) is 3.83. The number of oxime groups is 1. The Morgan fingerprint density at radius 3 is 1.95 bits per heavy atom. The van der Waals surface area contributed by atoms with E-state index in [1.165, 1.54) is 0 Å². The maximum atomic E-state index is 13.5. The normalized spacial score (nSPS) is 11.8. The number of fused-ring (bicyclic) bond motifs is 3. The molecule has 206 valence electrons. The van der Waals surface area contributed by atoms with Crippen molar-refractivity contribution in [1.82, 2.24) is 4.57 Å². The predicted molar refractivity (Wildman–Crippen MR) is 159 cm³/mol. The molecular weight excluding hydrogens is 516 g/mol. The fourth-order valence-corrected chi connectivity index (χ4v) is 5.04. The Bertz CT molecular complexity index is 1800. The topological polar surface area (TPSA) is 98.0 Å². The molecule has 5 rings (SSSR count). The maximum absolute atomic E-state index is 13.5. The van der Waals surface area contributed by atoms with Crippen molar-refractivity contribution < 1.29 is 24.3 Å². The summed E-state index contributed by atoms with van der Waals surface area (Å²) in [7, 11) is 0. The van der Waals surface area contributed by atoms with Crippen molar-refractivity contribution in [1.29, 1.82) is 0 Å². The number of aromatic nitrogens is 1. The number of ether oxygens (including phenoxy) is 1. The number of nitrogens with zero attached hydrogens (tertiary/aromatic N) is 2. The van der Waals surface area contributed by atoms with Gasteiger partial charge in [0.1, 0.15) is 11.5 Å². The second-order valence-corrected chi connectivity index (χ2v) is 10.3. The van der Waals surface area contributed by atoms with Crippen LogP contribution in [0.3, 0.4) is 0 Å². The van der Waals surface area contributed by atoms with E-state index in [2.05, 4.69) is 9.72 Å². The van der Waals surface area contributed by atoms with Crippen molar-refractivity contribution in [3.05, 3.63) is 113 Å². The van der Waals surface area contributed by atoms with Gasteiger partial charge in [0.15, 0.2) is 5.78 Å². The minimum atomic E-state index is -0.470. The monoisotopic (exact) mass is 546 g/mol. The minimum Gasteiger partial charge on any atom is -0.423 e. The predicted octanol–water partition coefficient (Wildman–Crippen LogP) is 7.32. The number of hydrogen-bond donors (Lipinski definition) is 1. The molecule has 0 atom stereocenters. The molecule has 0 amide bonds. The Kier molecular flexibility index (Phi) is 7.79. The van der Waals surface area contributed by atoms with E-state index in [1.54, 1.807) is 60.7 Å². The summed E-state index contributed by atoms with van der Waals surface area (Å²) in [6.07, 6.45) is 0.368. The number of carbonyl (C=O) groups excluding carboxylic acids is 3. The second kappa shape index (κ2) is 11.6. The van der Waals surface area contributed by atoms with Gasteiger partial charge in [-0.05, 0) is 92.1 Å². The molecule has 4 aromatic carbocycles. The molecule has 0 fully saturated rings. The van der Waals surface area contributed by atoms with Crippen molar-refractivity contribution in [2.75, 3.05) is 0 Å². The first-order valence-corrected chi connectivity index (χ1v) is 13.5. The number of benzene rings is 4. The third-order valence-corrected chi connectivity index (χ3v) is 7.03. The molecule has 0 saturated carbocycles. The zero-order valence-corrected chi connectivity index (χ0v) is 23.1. The van der Waals surface area contributed by atoms with E-state index in [0.717, 1.165) is 21.8 Å². The van der Waals surface area contributed by atoms with Crippen molar-refractivity contribution in [3.63, 3.8) is 0 Å².